The minimum atomic E-state index is 0.0260. The molecule has 1 heterocycles. The average molecular weight is 357 g/mol. The summed E-state index contributed by atoms with van der Waals surface area (Å²) in [5.41, 5.74) is 0.767. The van der Waals surface area contributed by atoms with Gasteiger partial charge in [-0.25, -0.2) is 4.98 Å². The van der Waals surface area contributed by atoms with Gasteiger partial charge in [0.1, 0.15) is 0 Å². The number of methoxy groups -OCH3 is 1. The third kappa shape index (κ3) is 3.42. The summed E-state index contributed by atoms with van der Waals surface area (Å²) in [5.74, 6) is 0.786. The molecule has 0 saturated carbocycles. The molecule has 2 rings (SSSR count). The van der Waals surface area contributed by atoms with E-state index >= 15 is 0 Å². The molecule has 0 aliphatic heterocycles. The van der Waals surface area contributed by atoms with Gasteiger partial charge in [-0.1, -0.05) is 34.6 Å². The Bertz CT molecular complexity index is 657. The van der Waals surface area contributed by atoms with Crippen molar-refractivity contribution in [2.24, 2.45) is 0 Å². The van der Waals surface area contributed by atoms with Crippen LogP contribution in [0.4, 0.5) is 0 Å². The molecule has 0 bridgehead atoms. The van der Waals surface area contributed by atoms with Crippen LogP contribution in [-0.4, -0.2) is 29.0 Å². The first-order valence-corrected chi connectivity index (χ1v) is 8.27. The molecule has 0 fully saturated rings. The molecule has 0 radical (unpaired) electrons. The fraction of sp³-hybridized carbons (Fsp3) is 0.429. The van der Waals surface area contributed by atoms with Crippen LogP contribution in [0.3, 0.4) is 0 Å². The molecule has 4 nitrogen and oxygen atoms in total. The van der Waals surface area contributed by atoms with Crippen LogP contribution < -0.4 is 5.56 Å². The Hall–Kier alpha value is -0.850. The van der Waals surface area contributed by atoms with Gasteiger partial charge in [0.25, 0.3) is 5.56 Å². The highest BCUT2D eigenvalue weighted by atomic mass is 79.9. The van der Waals surface area contributed by atoms with Crippen LogP contribution in [0.1, 0.15) is 13.3 Å². The summed E-state index contributed by atoms with van der Waals surface area (Å²) in [6, 6.07) is 5.61. The number of rotatable bonds is 6. The van der Waals surface area contributed by atoms with E-state index in [4.69, 9.17) is 4.74 Å². The summed E-state index contributed by atoms with van der Waals surface area (Å²) in [4.78, 5) is 17.2. The van der Waals surface area contributed by atoms with E-state index in [0.29, 0.717) is 18.5 Å². The summed E-state index contributed by atoms with van der Waals surface area (Å²) in [6.45, 7) is 3.38. The lowest BCUT2D eigenvalue weighted by molar-refractivity contribution is 0.218. The van der Waals surface area contributed by atoms with Crippen molar-refractivity contribution >= 4 is 38.6 Å². The average Bonchev–Trinajstić information content (AvgIpc) is 2.44. The van der Waals surface area contributed by atoms with Gasteiger partial charge in [0.2, 0.25) is 0 Å². The lowest BCUT2D eigenvalue weighted by Gasteiger charge is -2.12. The Morgan fingerprint density at radius 1 is 1.45 bits per heavy atom. The second-order valence-electron chi connectivity index (χ2n) is 4.35. The van der Waals surface area contributed by atoms with E-state index in [1.165, 1.54) is 0 Å². The van der Waals surface area contributed by atoms with Gasteiger partial charge in [0.05, 0.1) is 17.5 Å². The van der Waals surface area contributed by atoms with Crippen LogP contribution in [0.25, 0.3) is 10.9 Å². The Kier molecular flexibility index (Phi) is 5.63. The van der Waals surface area contributed by atoms with Gasteiger partial charge < -0.3 is 4.74 Å². The van der Waals surface area contributed by atoms with Crippen molar-refractivity contribution in [2.45, 2.75) is 25.0 Å². The van der Waals surface area contributed by atoms with Crippen molar-refractivity contribution in [1.82, 2.24) is 9.55 Å². The molecule has 0 aliphatic carbocycles. The van der Waals surface area contributed by atoms with Crippen LogP contribution in [-0.2, 0) is 11.3 Å². The lowest BCUT2D eigenvalue weighted by atomic mass is 10.2. The zero-order chi connectivity index (χ0) is 14.5. The monoisotopic (exact) mass is 356 g/mol. The molecule has 0 amide bonds. The van der Waals surface area contributed by atoms with Gasteiger partial charge in [-0.15, -0.1) is 0 Å². The van der Waals surface area contributed by atoms with Crippen LogP contribution in [0.15, 0.2) is 32.6 Å². The largest absolute Gasteiger partial charge is 0.384 e. The maximum absolute atomic E-state index is 12.6. The molecule has 1 aromatic carbocycles. The van der Waals surface area contributed by atoms with E-state index < -0.39 is 0 Å². The van der Waals surface area contributed by atoms with E-state index in [9.17, 15) is 4.79 Å². The second kappa shape index (κ2) is 7.24. The zero-order valence-corrected chi connectivity index (χ0v) is 14.0. The molecule has 2 aromatic rings. The first kappa shape index (κ1) is 15.5. The number of fused-ring (bicyclic) bond motifs is 1. The van der Waals surface area contributed by atoms with Crippen LogP contribution in [0.5, 0.6) is 0 Å². The van der Waals surface area contributed by atoms with E-state index in [0.717, 1.165) is 27.3 Å². The number of halogens is 1. The molecule has 0 aliphatic rings. The van der Waals surface area contributed by atoms with E-state index in [2.05, 4.69) is 27.8 Å². The third-order valence-corrected chi connectivity index (χ3v) is 4.28. The second-order valence-corrected chi connectivity index (χ2v) is 6.33. The maximum atomic E-state index is 12.6. The topological polar surface area (TPSA) is 44.1 Å². The molecular weight excluding hydrogens is 340 g/mol. The lowest BCUT2D eigenvalue weighted by Crippen LogP contribution is -2.23. The number of aromatic nitrogens is 2. The van der Waals surface area contributed by atoms with Crippen molar-refractivity contribution in [2.75, 3.05) is 19.5 Å². The minimum Gasteiger partial charge on any atom is -0.384 e. The van der Waals surface area contributed by atoms with Gasteiger partial charge in [0, 0.05) is 23.9 Å². The fourth-order valence-corrected chi connectivity index (χ4v) is 3.21. The number of hydrogen-bond acceptors (Lipinski definition) is 4. The maximum Gasteiger partial charge on any atom is 0.262 e. The van der Waals surface area contributed by atoms with Gasteiger partial charge in [-0.05, 0) is 24.6 Å². The van der Waals surface area contributed by atoms with Gasteiger partial charge >= 0.3 is 0 Å². The van der Waals surface area contributed by atoms with E-state index in [1.807, 2.05) is 18.2 Å². The smallest absolute Gasteiger partial charge is 0.262 e. The summed E-state index contributed by atoms with van der Waals surface area (Å²) in [5, 5.41) is 1.42. The standard InChI is InChI=1S/C14H17BrN2O2S/c1-3-6-17-13(18)11-9-10(15)4-5-12(11)16-14(17)20-8-7-19-2/h4-5,9H,3,6-8H2,1-2H3. The normalized spacial score (nSPS) is 11.2. The summed E-state index contributed by atoms with van der Waals surface area (Å²) in [6.07, 6.45) is 0.902. The van der Waals surface area contributed by atoms with Crippen molar-refractivity contribution in [3.63, 3.8) is 0 Å². The molecule has 0 spiro atoms. The Morgan fingerprint density at radius 3 is 2.95 bits per heavy atom. The molecule has 20 heavy (non-hydrogen) atoms. The quantitative estimate of drug-likeness (QED) is 0.452. The summed E-state index contributed by atoms with van der Waals surface area (Å²) >= 11 is 4.96. The van der Waals surface area contributed by atoms with Gasteiger partial charge in [0.15, 0.2) is 5.16 Å². The SMILES string of the molecule is CCCn1c(SCCOC)nc2ccc(Br)cc2c1=O. The molecule has 0 unspecified atom stereocenters. The molecule has 0 saturated heterocycles. The first-order valence-electron chi connectivity index (χ1n) is 6.49. The van der Waals surface area contributed by atoms with Crippen LogP contribution in [0.2, 0.25) is 0 Å². The highest BCUT2D eigenvalue weighted by Crippen LogP contribution is 2.20. The number of benzene rings is 1. The Morgan fingerprint density at radius 2 is 2.25 bits per heavy atom. The first-order chi connectivity index (χ1) is 9.67. The molecule has 0 atom stereocenters. The number of ether oxygens (including phenoxy) is 1. The predicted molar refractivity (Wildman–Crippen MR) is 86.6 cm³/mol. The highest BCUT2D eigenvalue weighted by Gasteiger charge is 2.11. The van der Waals surface area contributed by atoms with Crippen molar-refractivity contribution in [1.29, 1.82) is 0 Å². The molecule has 6 heteroatoms. The van der Waals surface area contributed by atoms with Crippen molar-refractivity contribution < 1.29 is 4.74 Å². The zero-order valence-electron chi connectivity index (χ0n) is 11.6. The Labute approximate surface area is 130 Å². The number of hydrogen-bond donors (Lipinski definition) is 0. The van der Waals surface area contributed by atoms with Crippen molar-refractivity contribution in [3.8, 4) is 0 Å². The van der Waals surface area contributed by atoms with Crippen LogP contribution in [0, 0.1) is 0 Å². The summed E-state index contributed by atoms with van der Waals surface area (Å²) < 4.78 is 7.71. The molecule has 1 aromatic heterocycles. The molecule has 108 valence electrons. The van der Waals surface area contributed by atoms with Gasteiger partial charge in [-0.3, -0.25) is 9.36 Å². The van der Waals surface area contributed by atoms with E-state index in [-0.39, 0.29) is 5.56 Å². The number of nitrogens with zero attached hydrogens (tertiary/aromatic N) is 2. The highest BCUT2D eigenvalue weighted by molar-refractivity contribution is 9.10. The van der Waals surface area contributed by atoms with Crippen LogP contribution >= 0.6 is 27.7 Å². The fourth-order valence-electron chi connectivity index (χ4n) is 1.92. The van der Waals surface area contributed by atoms with E-state index in [1.54, 1.807) is 23.4 Å². The van der Waals surface area contributed by atoms with Crippen molar-refractivity contribution in [3.05, 3.63) is 33.0 Å². The predicted octanol–water partition coefficient (Wildman–Crippen LogP) is 3.31. The molecule has 0 N–H and O–H groups in total. The third-order valence-electron chi connectivity index (χ3n) is 2.85. The Balaban J connectivity index is 2.51. The minimum absolute atomic E-state index is 0.0260. The van der Waals surface area contributed by atoms with Gasteiger partial charge in [-0.2, -0.15) is 0 Å². The molecular formula is C14H17BrN2O2S. The summed E-state index contributed by atoms with van der Waals surface area (Å²) in [7, 11) is 1.67. The number of thioether (sulfide) groups is 1.